The molecule has 3 atom stereocenters. The van der Waals surface area contributed by atoms with Gasteiger partial charge in [0, 0.05) is 97.1 Å². The number of ether oxygens (including phenoxy) is 1. The molecule has 1 aromatic heterocycles. The zero-order chi connectivity index (χ0) is 51.6. The summed E-state index contributed by atoms with van der Waals surface area (Å²) >= 11 is 0. The third kappa shape index (κ3) is 10.8. The molecule has 2 fully saturated rings. The molecule has 4 aliphatic rings. The van der Waals surface area contributed by atoms with E-state index < -0.39 is 78.2 Å². The lowest BCUT2D eigenvalue weighted by Crippen LogP contribution is -2.54. The molecule has 1 aliphatic carbocycles. The number of nitrogens with one attached hydrogen (secondary N) is 6. The summed E-state index contributed by atoms with van der Waals surface area (Å²) in [4.78, 5) is 124. The van der Waals surface area contributed by atoms with Gasteiger partial charge in [-0.05, 0) is 85.8 Å². The number of nitrogens with zero attached hydrogens (tertiary/aromatic N) is 4. The largest absolute Gasteiger partial charge is 0.451 e. The first kappa shape index (κ1) is 49.5. The summed E-state index contributed by atoms with van der Waals surface area (Å²) in [5, 5.41) is 26.3. The van der Waals surface area contributed by atoms with Crippen LogP contribution in [0, 0.1) is 5.92 Å². The van der Waals surface area contributed by atoms with Gasteiger partial charge in [-0.25, -0.2) is 4.90 Å². The maximum absolute atomic E-state index is 14.2. The molecule has 4 heterocycles. The van der Waals surface area contributed by atoms with Gasteiger partial charge in [0.2, 0.25) is 29.5 Å². The van der Waals surface area contributed by atoms with Crippen molar-refractivity contribution in [2.75, 3.05) is 74.9 Å². The average molecular weight is 996 g/mol. The average Bonchev–Trinajstić information content (AvgIpc) is 3.57. The van der Waals surface area contributed by atoms with Gasteiger partial charge < -0.3 is 56.9 Å². The highest BCUT2D eigenvalue weighted by Crippen LogP contribution is 2.44. The predicted molar refractivity (Wildman–Crippen MR) is 266 cm³/mol. The van der Waals surface area contributed by atoms with Crippen LogP contribution in [0.2, 0.25) is 0 Å². The molecule has 3 unspecified atom stereocenters. The number of carbonyl (C=O) groups is 9. The highest BCUT2D eigenvalue weighted by Gasteiger charge is 2.64. The Bertz CT molecular complexity index is 3090. The highest BCUT2D eigenvalue weighted by atomic mass is 16.6. The van der Waals surface area contributed by atoms with E-state index in [2.05, 4.69) is 36.5 Å². The third-order valence-corrected chi connectivity index (χ3v) is 13.5. The lowest BCUT2D eigenvalue weighted by atomic mass is 10.0. The van der Waals surface area contributed by atoms with Crippen LogP contribution in [0.3, 0.4) is 0 Å². The molecular weight excluding hydrogens is 943 g/mol. The fourth-order valence-electron chi connectivity index (χ4n) is 9.34. The second-order valence-corrected chi connectivity index (χ2v) is 18.4. The van der Waals surface area contributed by atoms with Gasteiger partial charge in [-0.1, -0.05) is 24.3 Å². The highest BCUT2D eigenvalue weighted by molar-refractivity contribution is 6.13. The molecule has 22 nitrogen and oxygen atoms in total. The van der Waals surface area contributed by atoms with Gasteiger partial charge in [0.1, 0.15) is 17.0 Å². The molecule has 9 N–H and O–H groups in total. The Kier molecular flexibility index (Phi) is 14.0. The number of aliphatic hydroxyl groups is 1. The Labute approximate surface area is 417 Å². The van der Waals surface area contributed by atoms with Crippen LogP contribution in [0.1, 0.15) is 45.7 Å². The Morgan fingerprint density at radius 1 is 0.808 bits per heavy atom. The van der Waals surface area contributed by atoms with Crippen molar-refractivity contribution < 1.29 is 53.0 Å². The van der Waals surface area contributed by atoms with Crippen molar-refractivity contribution in [1.29, 1.82) is 0 Å². The topological polar surface area (TPSA) is 298 Å². The molecule has 5 aromatic rings. The molecule has 1 saturated carbocycles. The van der Waals surface area contributed by atoms with Crippen LogP contribution in [-0.4, -0.2) is 149 Å². The first-order valence-electron chi connectivity index (χ1n) is 23.7. The number of nitrogens with two attached hydrogens (primary N) is 1. The fraction of sp³-hybridized carbons (Fsp3) is 0.314. The number of H-pyrrole nitrogens is 1. The summed E-state index contributed by atoms with van der Waals surface area (Å²) in [7, 11) is 2.04. The number of primary amides is 1. The summed E-state index contributed by atoms with van der Waals surface area (Å²) in [5.41, 5.74) is 7.52. The zero-order valence-corrected chi connectivity index (χ0v) is 39.7. The normalized spacial score (nSPS) is 18.8. The first-order chi connectivity index (χ1) is 35.1. The lowest BCUT2D eigenvalue weighted by molar-refractivity contribution is -0.145. The van der Waals surface area contributed by atoms with E-state index in [4.69, 9.17) is 10.5 Å². The number of rotatable bonds is 18. The van der Waals surface area contributed by atoms with Gasteiger partial charge in [0.05, 0.1) is 24.7 Å². The summed E-state index contributed by atoms with van der Waals surface area (Å²) < 4.78 is 6.19. The molecule has 22 heteroatoms. The number of imide groups is 1. The van der Waals surface area contributed by atoms with Gasteiger partial charge >= 0.3 is 0 Å². The second-order valence-electron chi connectivity index (χ2n) is 18.4. The van der Waals surface area contributed by atoms with Gasteiger partial charge in [-0.15, -0.1) is 0 Å². The maximum Gasteiger partial charge on any atom is 0.274 e. The van der Waals surface area contributed by atoms with Crippen LogP contribution in [0.5, 0.6) is 5.75 Å². The molecule has 0 radical (unpaired) electrons. The van der Waals surface area contributed by atoms with E-state index >= 15 is 0 Å². The number of fused-ring (bicyclic) bond motifs is 4. The van der Waals surface area contributed by atoms with Gasteiger partial charge in [0.15, 0.2) is 0 Å². The Morgan fingerprint density at radius 2 is 1.51 bits per heavy atom. The standard InChI is InChI=1S/C51H53N11O11/c1-59-19-21-60(22-20-59)50(72)73-40-25-39-34(33-5-2-3-6-35(33)40)16-18-61(39)48(70)38-24-30-23-32(12-13-37(30)57-38)56-47(69)29-8-10-31(11-9-29)55-42(64)27-54-49(71)51(26-36(51)46(52)68)58-43(65)28-53-41(63)7-4-17-62-44(66)14-15-45(62)67/h2-3,5-6,8-15,23-25,36,50,57,72H,4,7,16-22,26-28H2,1H3,(H2,52,68)(H,53,63)(H,54,71)(H,55,64)(H,56,69)(H,58,65). The van der Waals surface area contributed by atoms with Crippen LogP contribution < -0.4 is 42.0 Å². The van der Waals surface area contributed by atoms with E-state index in [0.717, 1.165) is 46.5 Å². The third-order valence-electron chi connectivity index (χ3n) is 13.5. The van der Waals surface area contributed by atoms with Crippen molar-refractivity contribution in [3.63, 3.8) is 0 Å². The molecule has 378 valence electrons. The molecule has 4 aromatic carbocycles. The number of hydrogen-bond acceptors (Lipinski definition) is 13. The number of hydrogen-bond donors (Lipinski definition) is 8. The quantitative estimate of drug-likeness (QED) is 0.0448. The Morgan fingerprint density at radius 3 is 2.22 bits per heavy atom. The van der Waals surface area contributed by atoms with E-state index in [1.54, 1.807) is 29.2 Å². The number of piperazine rings is 1. The molecule has 1 saturated heterocycles. The van der Waals surface area contributed by atoms with Crippen molar-refractivity contribution in [2.45, 2.75) is 37.6 Å². The summed E-state index contributed by atoms with van der Waals surface area (Å²) in [5.74, 6) is -5.90. The molecule has 0 bridgehead atoms. The monoisotopic (exact) mass is 995 g/mol. The number of likely N-dealkylation sites (N-methyl/N-ethyl adjacent to an activating group) is 1. The van der Waals surface area contributed by atoms with E-state index in [9.17, 15) is 48.3 Å². The number of amides is 9. The maximum atomic E-state index is 14.2. The summed E-state index contributed by atoms with van der Waals surface area (Å²) in [6.45, 7) is 2.31. The fourth-order valence-corrected chi connectivity index (χ4v) is 9.34. The number of benzene rings is 4. The molecular formula is C51H53N11O11. The Hall–Kier alpha value is -8.47. The zero-order valence-electron chi connectivity index (χ0n) is 39.7. The van der Waals surface area contributed by atoms with Gasteiger partial charge in [-0.3, -0.25) is 48.1 Å². The van der Waals surface area contributed by atoms with Crippen LogP contribution in [0.25, 0.3) is 21.7 Å². The van der Waals surface area contributed by atoms with Crippen molar-refractivity contribution in [2.24, 2.45) is 11.7 Å². The minimum absolute atomic E-state index is 0.0196. The smallest absolute Gasteiger partial charge is 0.274 e. The van der Waals surface area contributed by atoms with E-state index in [0.29, 0.717) is 65.5 Å². The van der Waals surface area contributed by atoms with Crippen LogP contribution in [0.15, 0.2) is 91.0 Å². The first-order valence-corrected chi connectivity index (χ1v) is 23.7. The number of aromatic amines is 1. The minimum atomic E-state index is -1.73. The van der Waals surface area contributed by atoms with Crippen molar-refractivity contribution in [3.8, 4) is 5.75 Å². The number of carbonyl (C=O) groups excluding carboxylic acids is 9. The van der Waals surface area contributed by atoms with E-state index in [1.165, 1.54) is 24.3 Å². The van der Waals surface area contributed by atoms with Crippen molar-refractivity contribution in [3.05, 3.63) is 108 Å². The van der Waals surface area contributed by atoms with E-state index in [-0.39, 0.29) is 37.3 Å². The molecule has 3 aliphatic heterocycles. The summed E-state index contributed by atoms with van der Waals surface area (Å²) in [6, 6.07) is 22.6. The SMILES string of the molecule is CN1CCN(C(O)Oc2cc3c(c4ccccc24)CCN3C(=O)c2cc3cc(NC(=O)c4ccc(NC(=O)CNC(=O)C5(NC(=O)CNC(=O)CCCN6C(=O)C=CC6=O)CC5C(N)=O)cc4)ccc3[nH]2)CC1. The minimum Gasteiger partial charge on any atom is -0.451 e. The van der Waals surface area contributed by atoms with Gasteiger partial charge in [-0.2, -0.15) is 0 Å². The van der Waals surface area contributed by atoms with Crippen LogP contribution in [0.4, 0.5) is 17.1 Å². The van der Waals surface area contributed by atoms with E-state index in [1.807, 2.05) is 42.3 Å². The number of anilines is 3. The van der Waals surface area contributed by atoms with Crippen LogP contribution in [-0.2, 0) is 40.0 Å². The van der Waals surface area contributed by atoms with Crippen molar-refractivity contribution >= 4 is 91.9 Å². The predicted octanol–water partition coefficient (Wildman–Crippen LogP) is 0.915. The van der Waals surface area contributed by atoms with Gasteiger partial charge in [0.25, 0.3) is 30.0 Å². The molecule has 0 spiro atoms. The number of aromatic nitrogens is 1. The lowest BCUT2D eigenvalue weighted by Gasteiger charge is -2.35. The van der Waals surface area contributed by atoms with Crippen LogP contribution >= 0.6 is 0 Å². The second kappa shape index (κ2) is 20.7. The molecule has 73 heavy (non-hydrogen) atoms. The summed E-state index contributed by atoms with van der Waals surface area (Å²) in [6.07, 6.45) is 1.69. The van der Waals surface area contributed by atoms with Crippen molar-refractivity contribution in [1.82, 2.24) is 35.6 Å². The Balaban J connectivity index is 0.759. The number of aliphatic hydroxyl groups excluding tert-OH is 1. The molecule has 9 amide bonds. The molecule has 9 rings (SSSR count).